The van der Waals surface area contributed by atoms with Gasteiger partial charge in [0.25, 0.3) is 0 Å². The maximum atomic E-state index is 11.6. The normalized spacial score (nSPS) is 33.1. The van der Waals surface area contributed by atoms with Crippen molar-refractivity contribution in [1.29, 1.82) is 0 Å². The van der Waals surface area contributed by atoms with Crippen molar-refractivity contribution in [3.63, 3.8) is 0 Å². The topological polar surface area (TPSA) is 35.6 Å². The first-order chi connectivity index (χ1) is 7.65. The summed E-state index contributed by atoms with van der Waals surface area (Å²) in [5.41, 5.74) is 0. The molecule has 1 atom stereocenters. The lowest BCUT2D eigenvalue weighted by atomic mass is 10.1. The first kappa shape index (κ1) is 11.9. The number of nitrogens with one attached hydrogen (secondary N) is 1. The Morgan fingerprint density at radius 3 is 2.50 bits per heavy atom. The molecule has 0 aromatic heterocycles. The third-order valence-electron chi connectivity index (χ3n) is 3.52. The zero-order valence-electron chi connectivity index (χ0n) is 10.4. The van der Waals surface area contributed by atoms with Gasteiger partial charge in [-0.25, -0.2) is 0 Å². The standard InChI is InChI=1S/C12H23N3O/c1-10(2)7-12(16)13-8-11-9-14-3-5-15(11)6-4-14/h10-11H,3-9H2,1-2H3,(H,13,16). The Hall–Kier alpha value is -0.610. The van der Waals surface area contributed by atoms with Gasteiger partial charge in [-0.2, -0.15) is 0 Å². The molecular formula is C12H23N3O. The lowest BCUT2D eigenvalue weighted by Crippen LogP contribution is -2.63. The van der Waals surface area contributed by atoms with Gasteiger partial charge in [-0.1, -0.05) is 13.8 Å². The highest BCUT2D eigenvalue weighted by Crippen LogP contribution is 2.14. The van der Waals surface area contributed by atoms with Gasteiger partial charge < -0.3 is 5.32 Å². The van der Waals surface area contributed by atoms with Gasteiger partial charge in [-0.15, -0.1) is 0 Å². The summed E-state index contributed by atoms with van der Waals surface area (Å²) in [5.74, 6) is 0.652. The highest BCUT2D eigenvalue weighted by atomic mass is 16.1. The molecule has 3 aliphatic heterocycles. The van der Waals surface area contributed by atoms with Crippen LogP contribution in [0.3, 0.4) is 0 Å². The molecule has 2 bridgehead atoms. The second kappa shape index (κ2) is 5.15. The van der Waals surface area contributed by atoms with Gasteiger partial charge in [-0.05, 0) is 5.92 Å². The molecule has 3 aliphatic rings. The number of carbonyl (C=O) groups excluding carboxylic acids is 1. The Morgan fingerprint density at radius 1 is 1.31 bits per heavy atom. The Morgan fingerprint density at radius 2 is 2.00 bits per heavy atom. The number of hydrogen-bond donors (Lipinski definition) is 1. The Labute approximate surface area is 98.0 Å². The average Bonchev–Trinajstić information content (AvgIpc) is 2.27. The molecule has 1 amide bonds. The van der Waals surface area contributed by atoms with Gasteiger partial charge in [0.2, 0.25) is 5.91 Å². The Kier molecular flexibility index (Phi) is 3.82. The average molecular weight is 225 g/mol. The van der Waals surface area contributed by atoms with Gasteiger partial charge in [0.05, 0.1) is 0 Å². The van der Waals surface area contributed by atoms with Crippen molar-refractivity contribution in [2.75, 3.05) is 39.3 Å². The number of hydrogen-bond acceptors (Lipinski definition) is 3. The SMILES string of the molecule is CC(C)CC(=O)NCC1CN2CCN1CC2. The summed E-state index contributed by atoms with van der Waals surface area (Å²) in [5, 5.41) is 3.06. The van der Waals surface area contributed by atoms with Gasteiger partial charge >= 0.3 is 0 Å². The minimum Gasteiger partial charge on any atom is -0.354 e. The van der Waals surface area contributed by atoms with E-state index in [4.69, 9.17) is 0 Å². The smallest absolute Gasteiger partial charge is 0.220 e. The summed E-state index contributed by atoms with van der Waals surface area (Å²) in [6, 6.07) is 0.540. The predicted molar refractivity (Wildman–Crippen MR) is 64.3 cm³/mol. The lowest BCUT2D eigenvalue weighted by molar-refractivity contribution is -0.122. The highest BCUT2D eigenvalue weighted by Gasteiger charge is 2.31. The van der Waals surface area contributed by atoms with Crippen LogP contribution in [0.1, 0.15) is 20.3 Å². The molecule has 3 rings (SSSR count). The van der Waals surface area contributed by atoms with E-state index < -0.39 is 0 Å². The molecule has 0 saturated carbocycles. The van der Waals surface area contributed by atoms with Crippen molar-refractivity contribution in [1.82, 2.24) is 15.1 Å². The summed E-state index contributed by atoms with van der Waals surface area (Å²) >= 11 is 0. The van der Waals surface area contributed by atoms with Crippen LogP contribution in [0.4, 0.5) is 0 Å². The highest BCUT2D eigenvalue weighted by molar-refractivity contribution is 5.76. The molecule has 0 aliphatic carbocycles. The molecule has 1 N–H and O–H groups in total. The van der Waals surface area contributed by atoms with E-state index in [1.165, 1.54) is 26.2 Å². The van der Waals surface area contributed by atoms with E-state index >= 15 is 0 Å². The number of nitrogens with zero attached hydrogens (tertiary/aromatic N) is 2. The van der Waals surface area contributed by atoms with Gasteiger partial charge in [0.1, 0.15) is 0 Å². The van der Waals surface area contributed by atoms with Gasteiger partial charge in [0, 0.05) is 51.7 Å². The molecule has 3 saturated heterocycles. The van der Waals surface area contributed by atoms with E-state index in [9.17, 15) is 4.79 Å². The number of amides is 1. The zero-order valence-corrected chi connectivity index (χ0v) is 10.4. The zero-order chi connectivity index (χ0) is 11.5. The summed E-state index contributed by atoms with van der Waals surface area (Å²) in [6.07, 6.45) is 0.649. The monoisotopic (exact) mass is 225 g/mol. The van der Waals surface area contributed by atoms with Crippen LogP contribution in [0.5, 0.6) is 0 Å². The molecule has 1 unspecified atom stereocenters. The fourth-order valence-electron chi connectivity index (χ4n) is 2.59. The lowest BCUT2D eigenvalue weighted by Gasteiger charge is -2.47. The molecule has 3 heterocycles. The van der Waals surface area contributed by atoms with Crippen molar-refractivity contribution in [3.8, 4) is 0 Å². The molecule has 16 heavy (non-hydrogen) atoms. The molecule has 4 nitrogen and oxygen atoms in total. The first-order valence-corrected chi connectivity index (χ1v) is 6.38. The van der Waals surface area contributed by atoms with Crippen LogP contribution in [0.15, 0.2) is 0 Å². The maximum absolute atomic E-state index is 11.6. The second-order valence-electron chi connectivity index (χ2n) is 5.39. The molecule has 0 spiro atoms. The van der Waals surface area contributed by atoms with E-state index in [-0.39, 0.29) is 5.91 Å². The Bertz CT molecular complexity index is 247. The third kappa shape index (κ3) is 2.95. The second-order valence-corrected chi connectivity index (χ2v) is 5.39. The van der Waals surface area contributed by atoms with Crippen molar-refractivity contribution in [3.05, 3.63) is 0 Å². The first-order valence-electron chi connectivity index (χ1n) is 6.38. The van der Waals surface area contributed by atoms with Crippen LogP contribution >= 0.6 is 0 Å². The number of piperazine rings is 3. The van der Waals surface area contributed by atoms with Crippen LogP contribution in [0.2, 0.25) is 0 Å². The molecule has 3 fully saturated rings. The quantitative estimate of drug-likeness (QED) is 0.740. The third-order valence-corrected chi connectivity index (χ3v) is 3.52. The fraction of sp³-hybridized carbons (Fsp3) is 0.917. The van der Waals surface area contributed by atoms with Gasteiger partial charge in [-0.3, -0.25) is 14.6 Å². The summed E-state index contributed by atoms with van der Waals surface area (Å²) < 4.78 is 0. The predicted octanol–water partition coefficient (Wildman–Crippen LogP) is 0.149. The molecule has 0 aromatic carbocycles. The number of rotatable bonds is 4. The largest absolute Gasteiger partial charge is 0.354 e. The van der Waals surface area contributed by atoms with E-state index in [2.05, 4.69) is 29.0 Å². The van der Waals surface area contributed by atoms with Crippen LogP contribution in [0.25, 0.3) is 0 Å². The van der Waals surface area contributed by atoms with Crippen molar-refractivity contribution in [2.24, 2.45) is 5.92 Å². The van der Waals surface area contributed by atoms with Crippen molar-refractivity contribution >= 4 is 5.91 Å². The van der Waals surface area contributed by atoms with Crippen molar-refractivity contribution < 1.29 is 4.79 Å². The van der Waals surface area contributed by atoms with E-state index in [1.807, 2.05) is 0 Å². The van der Waals surface area contributed by atoms with Gasteiger partial charge in [0.15, 0.2) is 0 Å². The maximum Gasteiger partial charge on any atom is 0.220 e. The minimum absolute atomic E-state index is 0.202. The minimum atomic E-state index is 0.202. The summed E-state index contributed by atoms with van der Waals surface area (Å²) in [4.78, 5) is 16.6. The van der Waals surface area contributed by atoms with Crippen LogP contribution < -0.4 is 5.32 Å². The van der Waals surface area contributed by atoms with Crippen LogP contribution in [-0.2, 0) is 4.79 Å². The Balaban J connectivity index is 1.72. The molecule has 4 heteroatoms. The summed E-state index contributed by atoms with van der Waals surface area (Å²) in [6.45, 7) is 10.9. The van der Waals surface area contributed by atoms with E-state index in [0.717, 1.165) is 13.1 Å². The van der Waals surface area contributed by atoms with Crippen LogP contribution in [-0.4, -0.2) is 61.0 Å². The molecule has 0 aromatic rings. The van der Waals surface area contributed by atoms with Crippen molar-refractivity contribution in [2.45, 2.75) is 26.3 Å². The number of carbonyl (C=O) groups is 1. The molecular weight excluding hydrogens is 202 g/mol. The summed E-state index contributed by atoms with van der Waals surface area (Å²) in [7, 11) is 0. The van der Waals surface area contributed by atoms with Crippen LogP contribution in [0, 0.1) is 5.92 Å². The van der Waals surface area contributed by atoms with E-state index in [0.29, 0.717) is 18.4 Å². The van der Waals surface area contributed by atoms with E-state index in [1.54, 1.807) is 0 Å². The number of fused-ring (bicyclic) bond motifs is 3. The molecule has 92 valence electrons. The molecule has 0 radical (unpaired) electrons. The fourth-order valence-corrected chi connectivity index (χ4v) is 2.59.